The van der Waals surface area contributed by atoms with Gasteiger partial charge in [-0.2, -0.15) is 4.68 Å². The lowest BCUT2D eigenvalue weighted by Crippen LogP contribution is -2.02. The summed E-state index contributed by atoms with van der Waals surface area (Å²) < 4.78 is 1.68. The van der Waals surface area contributed by atoms with E-state index in [9.17, 15) is 0 Å². The molecule has 0 radical (unpaired) electrons. The van der Waals surface area contributed by atoms with Crippen LogP contribution in [0.25, 0.3) is 5.69 Å². The van der Waals surface area contributed by atoms with Crippen LogP contribution in [-0.2, 0) is 6.54 Å². The van der Waals surface area contributed by atoms with E-state index in [1.165, 1.54) is 11.8 Å². The van der Waals surface area contributed by atoms with Gasteiger partial charge in [-0.15, -0.1) is 5.10 Å². The topological polar surface area (TPSA) is 82.5 Å². The molecule has 20 heavy (non-hydrogen) atoms. The lowest BCUT2D eigenvalue weighted by Gasteiger charge is -2.06. The average Bonchev–Trinajstić information content (AvgIpc) is 2.97. The number of nitrogens with two attached hydrogens (primary N) is 1. The lowest BCUT2D eigenvalue weighted by molar-refractivity contribution is 0.755. The van der Waals surface area contributed by atoms with Gasteiger partial charge in [-0.25, -0.2) is 4.98 Å². The number of aromatic nitrogens is 5. The zero-order valence-corrected chi connectivity index (χ0v) is 11.4. The SMILES string of the molecule is NCc1cccnc1Sc1nnnn1-c1ccccc1. The van der Waals surface area contributed by atoms with Crippen molar-refractivity contribution in [3.63, 3.8) is 0 Å². The molecule has 0 saturated carbocycles. The first-order valence-electron chi connectivity index (χ1n) is 6.04. The molecule has 3 rings (SSSR count). The molecule has 3 aromatic rings. The monoisotopic (exact) mass is 284 g/mol. The third kappa shape index (κ3) is 2.54. The van der Waals surface area contributed by atoms with Gasteiger partial charge in [0.15, 0.2) is 0 Å². The predicted octanol–water partition coefficient (Wildman–Crippen LogP) is 1.67. The van der Waals surface area contributed by atoms with Crippen molar-refractivity contribution in [1.82, 2.24) is 25.2 Å². The van der Waals surface area contributed by atoms with Crippen LogP contribution in [0, 0.1) is 0 Å². The highest BCUT2D eigenvalue weighted by atomic mass is 32.2. The second-order valence-electron chi connectivity index (χ2n) is 3.98. The van der Waals surface area contributed by atoms with E-state index in [-0.39, 0.29) is 0 Å². The summed E-state index contributed by atoms with van der Waals surface area (Å²) in [6, 6.07) is 13.5. The number of rotatable bonds is 4. The van der Waals surface area contributed by atoms with Gasteiger partial charge in [0.2, 0.25) is 5.16 Å². The maximum Gasteiger partial charge on any atom is 0.220 e. The molecular weight excluding hydrogens is 272 g/mol. The Hall–Kier alpha value is -2.25. The van der Waals surface area contributed by atoms with Crippen LogP contribution in [0.5, 0.6) is 0 Å². The van der Waals surface area contributed by atoms with Crippen molar-refractivity contribution < 1.29 is 0 Å². The molecule has 2 heterocycles. The minimum Gasteiger partial charge on any atom is -0.326 e. The zero-order valence-electron chi connectivity index (χ0n) is 10.5. The van der Waals surface area contributed by atoms with E-state index < -0.39 is 0 Å². The normalized spacial score (nSPS) is 10.7. The van der Waals surface area contributed by atoms with E-state index in [0.717, 1.165) is 16.3 Å². The van der Waals surface area contributed by atoms with Gasteiger partial charge in [-0.05, 0) is 46.0 Å². The Bertz CT molecular complexity index is 697. The smallest absolute Gasteiger partial charge is 0.220 e. The van der Waals surface area contributed by atoms with Crippen LogP contribution < -0.4 is 5.73 Å². The summed E-state index contributed by atoms with van der Waals surface area (Å²) >= 11 is 1.40. The van der Waals surface area contributed by atoms with Gasteiger partial charge in [0.05, 0.1) is 5.69 Å². The van der Waals surface area contributed by atoms with Crippen LogP contribution in [0.2, 0.25) is 0 Å². The molecule has 1 aromatic carbocycles. The molecular formula is C13H12N6S. The van der Waals surface area contributed by atoms with E-state index in [1.807, 2.05) is 42.5 Å². The molecule has 0 unspecified atom stereocenters. The van der Waals surface area contributed by atoms with E-state index in [1.54, 1.807) is 10.9 Å². The fraction of sp³-hybridized carbons (Fsp3) is 0.0769. The Kier molecular flexibility index (Phi) is 3.71. The lowest BCUT2D eigenvalue weighted by atomic mass is 10.3. The highest BCUT2D eigenvalue weighted by Crippen LogP contribution is 2.27. The quantitative estimate of drug-likeness (QED) is 0.784. The molecule has 0 aliphatic heterocycles. The number of nitrogens with zero attached hydrogens (tertiary/aromatic N) is 5. The molecule has 6 nitrogen and oxygen atoms in total. The van der Waals surface area contributed by atoms with Crippen LogP contribution in [0.3, 0.4) is 0 Å². The first-order valence-corrected chi connectivity index (χ1v) is 6.86. The predicted molar refractivity (Wildman–Crippen MR) is 75.4 cm³/mol. The van der Waals surface area contributed by atoms with E-state index in [4.69, 9.17) is 5.73 Å². The third-order valence-corrected chi connectivity index (χ3v) is 3.70. The van der Waals surface area contributed by atoms with Gasteiger partial charge in [-0.1, -0.05) is 24.3 Å². The Labute approximate surface area is 120 Å². The summed E-state index contributed by atoms with van der Waals surface area (Å²) in [7, 11) is 0. The van der Waals surface area contributed by atoms with Crippen LogP contribution in [-0.4, -0.2) is 25.2 Å². The fourth-order valence-electron chi connectivity index (χ4n) is 1.73. The summed E-state index contributed by atoms with van der Waals surface area (Å²) in [6.45, 7) is 0.434. The van der Waals surface area contributed by atoms with E-state index in [2.05, 4.69) is 20.5 Å². The standard InChI is InChI=1S/C13H12N6S/c14-9-10-5-4-8-15-12(10)20-13-16-17-18-19(13)11-6-2-1-3-7-11/h1-8H,9,14H2. The largest absolute Gasteiger partial charge is 0.326 e. The van der Waals surface area contributed by atoms with Crippen LogP contribution in [0.4, 0.5) is 0 Å². The molecule has 0 bridgehead atoms. The maximum absolute atomic E-state index is 5.72. The maximum atomic E-state index is 5.72. The molecule has 0 amide bonds. The number of hydrogen-bond acceptors (Lipinski definition) is 6. The van der Waals surface area contributed by atoms with Crippen molar-refractivity contribution in [3.05, 3.63) is 54.2 Å². The second kappa shape index (κ2) is 5.81. The second-order valence-corrected chi connectivity index (χ2v) is 4.94. The third-order valence-electron chi connectivity index (χ3n) is 2.70. The minimum atomic E-state index is 0.434. The van der Waals surface area contributed by atoms with Gasteiger partial charge < -0.3 is 5.73 Å². The van der Waals surface area contributed by atoms with Gasteiger partial charge in [0, 0.05) is 12.7 Å². The van der Waals surface area contributed by atoms with Crippen molar-refractivity contribution in [2.45, 2.75) is 16.7 Å². The van der Waals surface area contributed by atoms with Gasteiger partial charge in [0.25, 0.3) is 0 Å². The summed E-state index contributed by atoms with van der Waals surface area (Å²) in [6.07, 6.45) is 1.73. The molecule has 0 saturated heterocycles. The number of benzene rings is 1. The summed E-state index contributed by atoms with van der Waals surface area (Å²) in [5.74, 6) is 0. The summed E-state index contributed by atoms with van der Waals surface area (Å²) in [5.41, 5.74) is 7.60. The van der Waals surface area contributed by atoms with Gasteiger partial charge in [0.1, 0.15) is 5.03 Å². The van der Waals surface area contributed by atoms with E-state index in [0.29, 0.717) is 11.7 Å². The van der Waals surface area contributed by atoms with Crippen LogP contribution >= 0.6 is 11.8 Å². The van der Waals surface area contributed by atoms with Crippen LogP contribution in [0.15, 0.2) is 58.8 Å². The molecule has 0 atom stereocenters. The molecule has 2 N–H and O–H groups in total. The number of para-hydroxylation sites is 1. The minimum absolute atomic E-state index is 0.434. The Morgan fingerprint density at radius 1 is 1.10 bits per heavy atom. The number of tetrazole rings is 1. The van der Waals surface area contributed by atoms with Gasteiger partial charge >= 0.3 is 0 Å². The highest BCUT2D eigenvalue weighted by Gasteiger charge is 2.12. The molecule has 2 aromatic heterocycles. The number of pyridine rings is 1. The van der Waals surface area contributed by atoms with Gasteiger partial charge in [-0.3, -0.25) is 0 Å². The number of hydrogen-bond donors (Lipinski definition) is 1. The van der Waals surface area contributed by atoms with Crippen molar-refractivity contribution >= 4 is 11.8 Å². The highest BCUT2D eigenvalue weighted by molar-refractivity contribution is 7.99. The first-order chi connectivity index (χ1) is 9.88. The zero-order chi connectivity index (χ0) is 13.8. The molecule has 0 aliphatic carbocycles. The van der Waals surface area contributed by atoms with Crippen molar-refractivity contribution in [2.24, 2.45) is 5.73 Å². The molecule has 0 spiro atoms. The van der Waals surface area contributed by atoms with Crippen molar-refractivity contribution in [2.75, 3.05) is 0 Å². The Morgan fingerprint density at radius 2 is 1.95 bits per heavy atom. The Morgan fingerprint density at radius 3 is 2.75 bits per heavy atom. The fourth-order valence-corrected chi connectivity index (χ4v) is 2.61. The van der Waals surface area contributed by atoms with Crippen molar-refractivity contribution in [3.8, 4) is 5.69 Å². The average molecular weight is 284 g/mol. The van der Waals surface area contributed by atoms with E-state index >= 15 is 0 Å². The summed E-state index contributed by atoms with van der Waals surface area (Å²) in [4.78, 5) is 4.33. The molecule has 0 fully saturated rings. The molecule has 7 heteroatoms. The van der Waals surface area contributed by atoms with Crippen molar-refractivity contribution in [1.29, 1.82) is 0 Å². The summed E-state index contributed by atoms with van der Waals surface area (Å²) in [5, 5.41) is 13.3. The molecule has 0 aliphatic rings. The molecule has 100 valence electrons. The first kappa shape index (κ1) is 12.8. The Balaban J connectivity index is 1.95. The van der Waals surface area contributed by atoms with Crippen LogP contribution in [0.1, 0.15) is 5.56 Å².